The minimum absolute atomic E-state index is 0.252. The molecule has 3 rings (SSSR count). The van der Waals surface area contributed by atoms with Gasteiger partial charge < -0.3 is 9.73 Å². The third-order valence-corrected chi connectivity index (χ3v) is 4.07. The van der Waals surface area contributed by atoms with Gasteiger partial charge >= 0.3 is 0 Å². The van der Waals surface area contributed by atoms with Crippen LogP contribution in [0.1, 0.15) is 43.4 Å². The number of carbonyl (C=O) groups is 1. The summed E-state index contributed by atoms with van der Waals surface area (Å²) >= 11 is 0. The second-order valence-corrected chi connectivity index (χ2v) is 6.02. The van der Waals surface area contributed by atoms with Crippen LogP contribution >= 0.6 is 0 Å². The number of hydrogen-bond donors (Lipinski definition) is 1. The van der Waals surface area contributed by atoms with Crippen molar-refractivity contribution in [1.82, 2.24) is 20.4 Å². The van der Waals surface area contributed by atoms with Crippen LogP contribution in [0.5, 0.6) is 0 Å². The van der Waals surface area contributed by atoms with E-state index < -0.39 is 13.0 Å². The van der Waals surface area contributed by atoms with Crippen LogP contribution in [0, 0.1) is 5.92 Å². The van der Waals surface area contributed by atoms with Crippen LogP contribution in [-0.2, 0) is 11.3 Å². The van der Waals surface area contributed by atoms with E-state index in [1.165, 1.54) is 0 Å². The lowest BCUT2D eigenvalue weighted by molar-refractivity contribution is -0.127. The van der Waals surface area contributed by atoms with Gasteiger partial charge in [-0.1, -0.05) is 0 Å². The van der Waals surface area contributed by atoms with Crippen molar-refractivity contribution in [2.45, 2.75) is 44.6 Å². The number of nitrogens with one attached hydrogen (secondary N) is 1. The van der Waals surface area contributed by atoms with Gasteiger partial charge in [-0.2, -0.15) is 0 Å². The number of rotatable bonds is 6. The summed E-state index contributed by atoms with van der Waals surface area (Å²) in [5.74, 6) is 1.15. The largest absolute Gasteiger partial charge is 0.424 e. The van der Waals surface area contributed by atoms with E-state index in [0.29, 0.717) is 30.8 Å². The van der Waals surface area contributed by atoms with E-state index in [0.717, 1.165) is 32.2 Å². The number of piperidine rings is 1. The molecule has 1 N–H and O–H groups in total. The van der Waals surface area contributed by atoms with E-state index >= 15 is 0 Å². The van der Waals surface area contributed by atoms with Crippen molar-refractivity contribution < 1.29 is 18.0 Å². The van der Waals surface area contributed by atoms with Crippen molar-refractivity contribution in [2.24, 2.45) is 5.92 Å². The Hall–Kier alpha value is -1.57. The minimum atomic E-state index is -2.51. The number of aromatic nitrogens is 2. The SMILES string of the molecule is O=C(NCC(F)F)C1CCCN(Cc2nnc(C3CC3)o2)C1. The average Bonchev–Trinajstić information content (AvgIpc) is 3.25. The van der Waals surface area contributed by atoms with Crippen molar-refractivity contribution in [1.29, 1.82) is 0 Å². The summed E-state index contributed by atoms with van der Waals surface area (Å²) in [5.41, 5.74) is 0. The molecular weight excluding hydrogens is 294 g/mol. The first-order chi connectivity index (χ1) is 10.6. The monoisotopic (exact) mass is 314 g/mol. The Morgan fingerprint density at radius 2 is 2.18 bits per heavy atom. The molecule has 22 heavy (non-hydrogen) atoms. The molecule has 2 heterocycles. The predicted molar refractivity (Wildman–Crippen MR) is 73.3 cm³/mol. The zero-order chi connectivity index (χ0) is 15.5. The molecule has 2 fully saturated rings. The summed E-state index contributed by atoms with van der Waals surface area (Å²) in [4.78, 5) is 13.9. The Morgan fingerprint density at radius 3 is 2.91 bits per heavy atom. The van der Waals surface area contributed by atoms with Gasteiger partial charge in [0.05, 0.1) is 19.0 Å². The van der Waals surface area contributed by atoms with Crippen LogP contribution in [0.2, 0.25) is 0 Å². The van der Waals surface area contributed by atoms with Crippen molar-refractivity contribution in [3.63, 3.8) is 0 Å². The van der Waals surface area contributed by atoms with Gasteiger partial charge in [0, 0.05) is 12.5 Å². The predicted octanol–water partition coefficient (Wildman–Crippen LogP) is 1.54. The smallest absolute Gasteiger partial charge is 0.255 e. The fourth-order valence-electron chi connectivity index (χ4n) is 2.75. The molecular formula is C14H20F2N4O2. The van der Waals surface area contributed by atoms with Gasteiger partial charge in [-0.05, 0) is 32.2 Å². The summed E-state index contributed by atoms with van der Waals surface area (Å²) in [6.07, 6.45) is 1.29. The molecule has 6 nitrogen and oxygen atoms in total. The molecule has 0 radical (unpaired) electrons. The summed E-state index contributed by atoms with van der Waals surface area (Å²) in [6.45, 7) is 1.32. The maximum atomic E-state index is 12.1. The summed E-state index contributed by atoms with van der Waals surface area (Å²) in [5, 5.41) is 10.4. The number of halogens is 2. The molecule has 1 atom stereocenters. The minimum Gasteiger partial charge on any atom is -0.424 e. The molecule has 2 aliphatic rings. The van der Waals surface area contributed by atoms with E-state index in [-0.39, 0.29) is 11.8 Å². The normalized spacial score (nSPS) is 23.0. The van der Waals surface area contributed by atoms with E-state index in [2.05, 4.69) is 20.4 Å². The Morgan fingerprint density at radius 1 is 1.36 bits per heavy atom. The number of carbonyl (C=O) groups excluding carboxylic acids is 1. The first kappa shape index (κ1) is 15.3. The van der Waals surface area contributed by atoms with Crippen LogP contribution in [-0.4, -0.2) is 47.1 Å². The van der Waals surface area contributed by atoms with E-state index in [1.807, 2.05) is 0 Å². The summed E-state index contributed by atoms with van der Waals surface area (Å²) in [6, 6.07) is 0. The van der Waals surface area contributed by atoms with Crippen LogP contribution in [0.4, 0.5) is 8.78 Å². The van der Waals surface area contributed by atoms with Crippen LogP contribution in [0.25, 0.3) is 0 Å². The van der Waals surface area contributed by atoms with E-state index in [9.17, 15) is 13.6 Å². The molecule has 1 aliphatic carbocycles. The average molecular weight is 314 g/mol. The summed E-state index contributed by atoms with van der Waals surface area (Å²) < 4.78 is 29.9. The second-order valence-electron chi connectivity index (χ2n) is 6.02. The van der Waals surface area contributed by atoms with Gasteiger partial charge in [0.2, 0.25) is 17.7 Å². The maximum absolute atomic E-state index is 12.1. The molecule has 1 unspecified atom stereocenters. The molecule has 0 bridgehead atoms. The second kappa shape index (κ2) is 6.68. The lowest BCUT2D eigenvalue weighted by Gasteiger charge is -2.30. The Bertz CT molecular complexity index is 519. The first-order valence-corrected chi connectivity index (χ1v) is 7.72. The van der Waals surface area contributed by atoms with Crippen LogP contribution in [0.3, 0.4) is 0 Å². The van der Waals surface area contributed by atoms with Gasteiger partial charge in [0.15, 0.2) is 0 Å². The topological polar surface area (TPSA) is 71.3 Å². The number of likely N-dealkylation sites (tertiary alicyclic amines) is 1. The zero-order valence-corrected chi connectivity index (χ0v) is 12.3. The maximum Gasteiger partial charge on any atom is 0.255 e. The fraction of sp³-hybridized carbons (Fsp3) is 0.786. The molecule has 0 spiro atoms. The molecule has 1 amide bonds. The molecule has 1 saturated carbocycles. The highest BCUT2D eigenvalue weighted by Crippen LogP contribution is 2.39. The highest BCUT2D eigenvalue weighted by atomic mass is 19.3. The lowest BCUT2D eigenvalue weighted by Crippen LogP contribution is -2.43. The van der Waals surface area contributed by atoms with E-state index in [1.54, 1.807) is 0 Å². The Balaban J connectivity index is 1.50. The molecule has 1 saturated heterocycles. The third-order valence-electron chi connectivity index (χ3n) is 4.07. The molecule has 1 aromatic heterocycles. The molecule has 1 aliphatic heterocycles. The Labute approximate surface area is 127 Å². The molecule has 8 heteroatoms. The van der Waals surface area contributed by atoms with Gasteiger partial charge in [0.1, 0.15) is 0 Å². The van der Waals surface area contributed by atoms with E-state index in [4.69, 9.17) is 4.42 Å². The molecule has 1 aromatic rings. The fourth-order valence-corrected chi connectivity index (χ4v) is 2.75. The highest BCUT2D eigenvalue weighted by molar-refractivity contribution is 5.78. The number of nitrogens with zero attached hydrogens (tertiary/aromatic N) is 3. The zero-order valence-electron chi connectivity index (χ0n) is 12.3. The first-order valence-electron chi connectivity index (χ1n) is 7.72. The Kier molecular flexibility index (Phi) is 4.66. The van der Waals surface area contributed by atoms with Gasteiger partial charge in [-0.15, -0.1) is 10.2 Å². The third kappa shape index (κ3) is 4.00. The van der Waals surface area contributed by atoms with Crippen LogP contribution < -0.4 is 5.32 Å². The highest BCUT2D eigenvalue weighted by Gasteiger charge is 2.30. The lowest BCUT2D eigenvalue weighted by atomic mass is 9.97. The van der Waals surface area contributed by atoms with Crippen molar-refractivity contribution in [3.8, 4) is 0 Å². The molecule has 0 aromatic carbocycles. The summed E-state index contributed by atoms with van der Waals surface area (Å²) in [7, 11) is 0. The molecule has 122 valence electrons. The standard InChI is InChI=1S/C14H20F2N4O2/c15-11(16)6-17-13(21)10-2-1-5-20(7-10)8-12-18-19-14(22-12)9-3-4-9/h9-11H,1-8H2,(H,17,21). The van der Waals surface area contributed by atoms with Crippen molar-refractivity contribution in [3.05, 3.63) is 11.8 Å². The van der Waals surface area contributed by atoms with Crippen molar-refractivity contribution in [2.75, 3.05) is 19.6 Å². The van der Waals surface area contributed by atoms with Crippen LogP contribution in [0.15, 0.2) is 4.42 Å². The van der Waals surface area contributed by atoms with Gasteiger partial charge in [0.25, 0.3) is 6.43 Å². The number of hydrogen-bond acceptors (Lipinski definition) is 5. The van der Waals surface area contributed by atoms with Gasteiger partial charge in [-0.25, -0.2) is 8.78 Å². The quantitative estimate of drug-likeness (QED) is 0.862. The van der Waals surface area contributed by atoms with Crippen molar-refractivity contribution >= 4 is 5.91 Å². The number of amides is 1. The number of alkyl halides is 2. The van der Waals surface area contributed by atoms with Gasteiger partial charge in [-0.3, -0.25) is 9.69 Å².